The quantitative estimate of drug-likeness (QED) is 0.682. The molecule has 5 nitrogen and oxygen atoms in total. The maximum absolute atomic E-state index is 13.2. The number of rotatable bonds is 5. The molecule has 0 spiro atoms. The van der Waals surface area contributed by atoms with Gasteiger partial charge in [0.25, 0.3) is 0 Å². The van der Waals surface area contributed by atoms with Gasteiger partial charge < -0.3 is 19.5 Å². The lowest BCUT2D eigenvalue weighted by atomic mass is 10.0. The minimum atomic E-state index is -0.0619. The summed E-state index contributed by atoms with van der Waals surface area (Å²) in [5, 5.41) is 0.938. The molecule has 0 unspecified atom stereocenters. The van der Waals surface area contributed by atoms with Gasteiger partial charge in [0.2, 0.25) is 5.78 Å². The molecule has 140 valence electrons. The zero-order chi connectivity index (χ0) is 18.8. The van der Waals surface area contributed by atoms with Crippen LogP contribution in [0.2, 0.25) is 0 Å². The predicted molar refractivity (Wildman–Crippen MR) is 108 cm³/mol. The molecule has 2 N–H and O–H groups in total. The summed E-state index contributed by atoms with van der Waals surface area (Å²) in [6.07, 6.45) is 1.84. The number of aromatic nitrogens is 1. The van der Waals surface area contributed by atoms with Gasteiger partial charge in [-0.05, 0) is 37.3 Å². The number of carbonyl (C=O) groups excluding carboxylic acids is 1. The molecule has 0 radical (unpaired) electrons. The number of ether oxygens (including phenoxy) is 1. The van der Waals surface area contributed by atoms with Crippen LogP contribution in [-0.2, 0) is 0 Å². The third kappa shape index (κ3) is 3.43. The van der Waals surface area contributed by atoms with Crippen LogP contribution < -0.4 is 14.5 Å². The van der Waals surface area contributed by atoms with Crippen LogP contribution in [-0.4, -0.2) is 50.1 Å². The summed E-state index contributed by atoms with van der Waals surface area (Å²) in [6.45, 7) is 5.92. The number of hydrogen-bond donors (Lipinski definition) is 2. The Balaban J connectivity index is 1.47. The first-order valence-electron chi connectivity index (χ1n) is 9.51. The second-order valence-corrected chi connectivity index (χ2v) is 7.18. The molecule has 2 aromatic carbocycles. The largest absolute Gasteiger partial charge is 0.497 e. The molecule has 1 saturated heterocycles. The third-order valence-electron chi connectivity index (χ3n) is 5.69. The van der Waals surface area contributed by atoms with E-state index in [1.54, 1.807) is 7.11 Å². The van der Waals surface area contributed by atoms with E-state index in [1.165, 1.54) is 10.6 Å². The lowest BCUT2D eigenvalue weighted by Gasteiger charge is -2.36. The number of nitrogens with one attached hydrogen (secondary N) is 2. The summed E-state index contributed by atoms with van der Waals surface area (Å²) in [6, 6.07) is 16.2. The second kappa shape index (κ2) is 7.45. The van der Waals surface area contributed by atoms with Crippen molar-refractivity contribution >= 4 is 22.4 Å². The van der Waals surface area contributed by atoms with Crippen molar-refractivity contribution in [3.05, 3.63) is 60.3 Å². The van der Waals surface area contributed by atoms with E-state index in [1.807, 2.05) is 30.5 Å². The molecule has 0 bridgehead atoms. The summed E-state index contributed by atoms with van der Waals surface area (Å²) in [4.78, 5) is 20.1. The summed E-state index contributed by atoms with van der Waals surface area (Å²) in [7, 11) is 1.65. The highest BCUT2D eigenvalue weighted by molar-refractivity contribution is 6.09. The van der Waals surface area contributed by atoms with Crippen LogP contribution in [0.4, 0.5) is 5.69 Å². The first-order valence-corrected chi connectivity index (χ1v) is 9.51. The summed E-state index contributed by atoms with van der Waals surface area (Å²) in [5.41, 5.74) is 2.99. The van der Waals surface area contributed by atoms with Crippen LogP contribution in [0.3, 0.4) is 0 Å². The van der Waals surface area contributed by atoms with Gasteiger partial charge in [-0.15, -0.1) is 0 Å². The van der Waals surface area contributed by atoms with Crippen LogP contribution >= 0.6 is 0 Å². The fourth-order valence-corrected chi connectivity index (χ4v) is 3.97. The Morgan fingerprint density at radius 3 is 2.59 bits per heavy atom. The molecule has 0 saturated carbocycles. The van der Waals surface area contributed by atoms with Crippen LogP contribution in [0.5, 0.6) is 5.75 Å². The molecule has 1 aliphatic heterocycles. The Labute approximate surface area is 159 Å². The summed E-state index contributed by atoms with van der Waals surface area (Å²) < 4.78 is 5.32. The van der Waals surface area contributed by atoms with Gasteiger partial charge in [0.05, 0.1) is 33.3 Å². The maximum atomic E-state index is 13.2. The number of nitrogens with zero attached hydrogens (tertiary/aromatic N) is 1. The number of H-pyrrole nitrogens is 1. The predicted octanol–water partition coefficient (Wildman–Crippen LogP) is 2.15. The van der Waals surface area contributed by atoms with Crippen LogP contribution in [0, 0.1) is 0 Å². The SMILES string of the molecule is COc1ccc2[nH]cc(C(=O)[C@@H](C)[NH+]3CCN(c4ccccc4)CC3)c2c1. The normalized spacial score (nSPS) is 16.4. The van der Waals surface area contributed by atoms with E-state index in [4.69, 9.17) is 4.74 Å². The number of fused-ring (bicyclic) bond motifs is 1. The van der Waals surface area contributed by atoms with E-state index in [-0.39, 0.29) is 11.8 Å². The topological polar surface area (TPSA) is 49.8 Å². The molecule has 1 aromatic heterocycles. The van der Waals surface area contributed by atoms with Gasteiger partial charge in [-0.3, -0.25) is 4.79 Å². The minimum Gasteiger partial charge on any atom is -0.497 e. The molecule has 0 amide bonds. The Morgan fingerprint density at radius 2 is 1.89 bits per heavy atom. The molecule has 3 aromatic rings. The van der Waals surface area contributed by atoms with Gasteiger partial charge in [-0.25, -0.2) is 0 Å². The number of anilines is 1. The number of carbonyl (C=O) groups is 1. The van der Waals surface area contributed by atoms with Gasteiger partial charge in [0, 0.05) is 28.4 Å². The van der Waals surface area contributed by atoms with Crippen LogP contribution in [0.25, 0.3) is 10.9 Å². The van der Waals surface area contributed by atoms with E-state index >= 15 is 0 Å². The Morgan fingerprint density at radius 1 is 1.15 bits per heavy atom. The lowest BCUT2D eigenvalue weighted by Crippen LogP contribution is -3.18. The van der Waals surface area contributed by atoms with E-state index in [2.05, 4.69) is 41.1 Å². The molecular weight excluding hydrogens is 338 g/mol. The van der Waals surface area contributed by atoms with E-state index < -0.39 is 0 Å². The van der Waals surface area contributed by atoms with Gasteiger partial charge >= 0.3 is 0 Å². The molecule has 27 heavy (non-hydrogen) atoms. The third-order valence-corrected chi connectivity index (χ3v) is 5.69. The van der Waals surface area contributed by atoms with Crippen molar-refractivity contribution < 1.29 is 14.4 Å². The molecule has 2 heterocycles. The number of piperazine rings is 1. The Kier molecular flexibility index (Phi) is 4.86. The first kappa shape index (κ1) is 17.6. The average Bonchev–Trinajstić information content (AvgIpc) is 3.16. The molecule has 1 aliphatic rings. The fraction of sp³-hybridized carbons (Fsp3) is 0.318. The molecule has 1 atom stereocenters. The number of aromatic amines is 1. The molecular formula is C22H26N3O2+. The van der Waals surface area contributed by atoms with Gasteiger partial charge in [0.15, 0.2) is 0 Å². The Bertz CT molecular complexity index is 927. The van der Waals surface area contributed by atoms with E-state index in [0.29, 0.717) is 0 Å². The first-order chi connectivity index (χ1) is 13.2. The van der Waals surface area contributed by atoms with E-state index in [9.17, 15) is 4.79 Å². The number of para-hydroxylation sites is 1. The molecule has 5 heteroatoms. The standard InChI is InChI=1S/C22H25N3O2/c1-16(24-10-12-25(13-11-24)17-6-4-3-5-7-17)22(26)20-15-23-21-9-8-18(27-2)14-19(20)21/h3-9,14-16,23H,10-13H2,1-2H3/p+1/t16-/m1/s1. The summed E-state index contributed by atoms with van der Waals surface area (Å²) >= 11 is 0. The lowest BCUT2D eigenvalue weighted by molar-refractivity contribution is -0.914. The monoisotopic (exact) mass is 364 g/mol. The van der Waals surface area contributed by atoms with Crippen molar-refractivity contribution in [1.82, 2.24) is 4.98 Å². The zero-order valence-corrected chi connectivity index (χ0v) is 15.9. The van der Waals surface area contributed by atoms with Crippen molar-refractivity contribution in [3.8, 4) is 5.75 Å². The number of ketones is 1. The van der Waals surface area contributed by atoms with E-state index in [0.717, 1.165) is 48.4 Å². The van der Waals surface area contributed by atoms with Gasteiger partial charge in [0.1, 0.15) is 11.8 Å². The molecule has 4 rings (SSSR count). The van der Waals surface area contributed by atoms with Crippen molar-refractivity contribution in [2.45, 2.75) is 13.0 Å². The smallest absolute Gasteiger partial charge is 0.221 e. The highest BCUT2D eigenvalue weighted by Gasteiger charge is 2.31. The van der Waals surface area contributed by atoms with Crippen molar-refractivity contribution in [3.63, 3.8) is 0 Å². The maximum Gasteiger partial charge on any atom is 0.221 e. The highest BCUT2D eigenvalue weighted by atomic mass is 16.5. The average molecular weight is 364 g/mol. The summed E-state index contributed by atoms with van der Waals surface area (Å²) in [5.74, 6) is 0.963. The van der Waals surface area contributed by atoms with Crippen molar-refractivity contribution in [2.75, 3.05) is 38.2 Å². The number of Topliss-reactive ketones (excluding diaryl/α,β-unsaturated/α-hetero) is 1. The highest BCUT2D eigenvalue weighted by Crippen LogP contribution is 2.24. The second-order valence-electron chi connectivity index (χ2n) is 7.18. The van der Waals surface area contributed by atoms with Gasteiger partial charge in [-0.1, -0.05) is 18.2 Å². The number of quaternary nitrogens is 1. The number of methoxy groups -OCH3 is 1. The Hall–Kier alpha value is -2.79. The van der Waals surface area contributed by atoms with Crippen LogP contribution in [0.15, 0.2) is 54.7 Å². The number of benzene rings is 2. The van der Waals surface area contributed by atoms with Crippen molar-refractivity contribution in [2.24, 2.45) is 0 Å². The molecule has 0 aliphatic carbocycles. The van der Waals surface area contributed by atoms with Gasteiger partial charge in [-0.2, -0.15) is 0 Å². The van der Waals surface area contributed by atoms with Crippen molar-refractivity contribution in [1.29, 1.82) is 0 Å². The number of hydrogen-bond acceptors (Lipinski definition) is 3. The zero-order valence-electron chi connectivity index (χ0n) is 15.9. The fourth-order valence-electron chi connectivity index (χ4n) is 3.97. The molecule has 1 fully saturated rings. The minimum absolute atomic E-state index is 0.0619. The van der Waals surface area contributed by atoms with Crippen LogP contribution in [0.1, 0.15) is 17.3 Å².